The van der Waals surface area contributed by atoms with Crippen molar-refractivity contribution in [2.75, 3.05) is 0 Å². The lowest BCUT2D eigenvalue weighted by Gasteiger charge is -2.10. The molecular weight excluding hydrogens is 474 g/mol. The first-order chi connectivity index (χ1) is 14.5. The van der Waals surface area contributed by atoms with Crippen molar-refractivity contribution in [3.63, 3.8) is 0 Å². The highest BCUT2D eigenvalue weighted by atomic mass is 19.4. The van der Waals surface area contributed by atoms with Gasteiger partial charge in [0.05, 0.1) is 26.5 Å². The summed E-state index contributed by atoms with van der Waals surface area (Å²) < 4.78 is 73.8. The zero-order valence-corrected chi connectivity index (χ0v) is 16.7. The van der Waals surface area contributed by atoms with Gasteiger partial charge in [0.15, 0.2) is 5.78 Å². The number of benzene rings is 2. The van der Waals surface area contributed by atoms with Crippen molar-refractivity contribution < 1.29 is 41.0 Å². The topological polar surface area (TPSA) is 103 Å². The number of Topliss-reactive ketones (excluding diaryl/α,β-unsaturated/α-hetero) is 1. The second-order valence-electron chi connectivity index (χ2n) is 6.73. The van der Waals surface area contributed by atoms with E-state index in [1.54, 1.807) is 13.8 Å². The molecule has 0 fully saturated rings. The molecule has 2 aromatic rings. The molecule has 7 nitrogen and oxygen atoms in total. The van der Waals surface area contributed by atoms with E-state index in [0.29, 0.717) is 23.8 Å². The fourth-order valence-corrected chi connectivity index (χ4v) is 2.52. The van der Waals surface area contributed by atoms with Crippen LogP contribution in [0.15, 0.2) is 36.4 Å². The van der Waals surface area contributed by atoms with Crippen LogP contribution in [0.3, 0.4) is 0 Å². The van der Waals surface area contributed by atoms with Crippen LogP contribution in [0.4, 0.5) is 37.7 Å². The number of hydrogen-bond donors (Lipinski definition) is 0. The van der Waals surface area contributed by atoms with Crippen LogP contribution < -0.4 is 0 Å². The number of rotatable bonds is 4. The van der Waals surface area contributed by atoms with Crippen molar-refractivity contribution in [1.82, 2.24) is 0 Å². The number of carbonyl (C=O) groups is 1. The zero-order chi connectivity index (χ0) is 25.0. The first kappa shape index (κ1) is 32.7. The Kier molecular flexibility index (Phi) is 11.6. The van der Waals surface area contributed by atoms with Crippen LogP contribution in [-0.4, -0.2) is 15.6 Å². The molecule has 0 radical (unpaired) electrons. The van der Waals surface area contributed by atoms with Gasteiger partial charge in [-0.25, -0.2) is 0 Å². The molecule has 0 unspecified atom stereocenters. The van der Waals surface area contributed by atoms with Crippen LogP contribution in [0, 0.1) is 20.2 Å². The van der Waals surface area contributed by atoms with Gasteiger partial charge in [-0.05, 0) is 31.0 Å². The summed E-state index contributed by atoms with van der Waals surface area (Å²) in [5.74, 6) is -0.844. The van der Waals surface area contributed by atoms with Crippen molar-refractivity contribution in [1.29, 1.82) is 0 Å². The second kappa shape index (κ2) is 12.1. The molecule has 190 valence electrons. The van der Waals surface area contributed by atoms with E-state index in [4.69, 9.17) is 0 Å². The first-order valence-electron chi connectivity index (χ1n) is 8.68. The van der Waals surface area contributed by atoms with E-state index < -0.39 is 50.5 Å². The SMILES string of the molecule is C.C.CC(=O)c1ccc(C(F)(F)F)cc1[N+](=O)[O-].CC(C)c1ccc(C(F)(F)F)cc1[N+](=O)[O-]. The highest BCUT2D eigenvalue weighted by molar-refractivity contribution is 5.98. The first-order valence-corrected chi connectivity index (χ1v) is 8.68. The number of nitro benzene ring substituents is 2. The third-order valence-corrected chi connectivity index (χ3v) is 4.08. The standard InChI is InChI=1S/C10H10F3NO2.C9H6F3NO3.2CH4/c1-6(2)8-4-3-7(10(11,12)13)5-9(8)14(15)16;1-5(14)7-3-2-6(9(10,11)12)4-8(7)13(15)16;;/h3-6H,1-2H3;2-4H,1H3;2*1H4. The van der Waals surface area contributed by atoms with E-state index in [1.807, 2.05) is 0 Å². The summed E-state index contributed by atoms with van der Waals surface area (Å²) in [7, 11) is 0. The van der Waals surface area contributed by atoms with Crippen molar-refractivity contribution in [2.45, 2.75) is 53.9 Å². The second-order valence-corrected chi connectivity index (χ2v) is 6.73. The number of ketones is 1. The van der Waals surface area contributed by atoms with Gasteiger partial charge in [0.1, 0.15) is 0 Å². The van der Waals surface area contributed by atoms with E-state index in [-0.39, 0.29) is 26.3 Å². The van der Waals surface area contributed by atoms with Gasteiger partial charge < -0.3 is 0 Å². The van der Waals surface area contributed by atoms with Crippen LogP contribution in [-0.2, 0) is 12.4 Å². The number of alkyl halides is 6. The quantitative estimate of drug-likeness (QED) is 0.185. The van der Waals surface area contributed by atoms with Gasteiger partial charge in [-0.3, -0.25) is 25.0 Å². The monoisotopic (exact) mass is 498 g/mol. The lowest BCUT2D eigenvalue weighted by Crippen LogP contribution is -2.08. The minimum atomic E-state index is -4.67. The minimum Gasteiger partial charge on any atom is -0.294 e. The predicted octanol–water partition coefficient (Wildman–Crippen LogP) is 7.83. The molecule has 2 aromatic carbocycles. The van der Waals surface area contributed by atoms with Crippen LogP contribution in [0.2, 0.25) is 0 Å². The highest BCUT2D eigenvalue weighted by Gasteiger charge is 2.34. The fourth-order valence-electron chi connectivity index (χ4n) is 2.52. The Morgan fingerprint density at radius 1 is 0.794 bits per heavy atom. The largest absolute Gasteiger partial charge is 0.416 e. The Hall–Kier alpha value is -3.51. The van der Waals surface area contributed by atoms with Crippen molar-refractivity contribution in [3.8, 4) is 0 Å². The molecular formula is C21H24F6N2O5. The van der Waals surface area contributed by atoms with Crippen LogP contribution in [0.25, 0.3) is 0 Å². The summed E-state index contributed by atoms with van der Waals surface area (Å²) in [5.41, 5.74) is -3.49. The molecule has 0 N–H and O–H groups in total. The van der Waals surface area contributed by atoms with Crippen molar-refractivity contribution in [3.05, 3.63) is 78.9 Å². The average molecular weight is 498 g/mol. The molecule has 0 spiro atoms. The summed E-state index contributed by atoms with van der Waals surface area (Å²) >= 11 is 0. The number of nitro groups is 2. The molecule has 0 aromatic heterocycles. The lowest BCUT2D eigenvalue weighted by atomic mass is 9.99. The summed E-state index contributed by atoms with van der Waals surface area (Å²) in [6.45, 7) is 4.43. The van der Waals surface area contributed by atoms with Gasteiger partial charge in [0.25, 0.3) is 11.4 Å². The molecule has 34 heavy (non-hydrogen) atoms. The summed E-state index contributed by atoms with van der Waals surface area (Å²) in [4.78, 5) is 30.3. The Balaban J connectivity index is 0. The van der Waals surface area contributed by atoms with Gasteiger partial charge in [-0.1, -0.05) is 34.8 Å². The smallest absolute Gasteiger partial charge is 0.294 e. The average Bonchev–Trinajstić information content (AvgIpc) is 2.65. The molecule has 0 heterocycles. The molecule has 0 aliphatic heterocycles. The Labute approximate surface area is 191 Å². The molecule has 0 atom stereocenters. The molecule has 0 bridgehead atoms. The molecule has 13 heteroatoms. The maximum Gasteiger partial charge on any atom is 0.416 e. The summed E-state index contributed by atoms with van der Waals surface area (Å²) in [6, 6.07) is 4.41. The molecule has 0 saturated heterocycles. The molecule has 0 aliphatic rings. The third kappa shape index (κ3) is 8.45. The third-order valence-electron chi connectivity index (χ3n) is 4.08. The maximum atomic E-state index is 12.3. The molecule has 2 rings (SSSR count). The Morgan fingerprint density at radius 3 is 1.50 bits per heavy atom. The summed E-state index contributed by atoms with van der Waals surface area (Å²) in [6.07, 6.45) is -9.22. The van der Waals surface area contributed by atoms with Crippen molar-refractivity contribution >= 4 is 17.2 Å². The van der Waals surface area contributed by atoms with Gasteiger partial charge in [0.2, 0.25) is 0 Å². The molecule has 0 amide bonds. The molecule has 0 saturated carbocycles. The van der Waals surface area contributed by atoms with E-state index in [2.05, 4.69) is 0 Å². The Morgan fingerprint density at radius 2 is 1.18 bits per heavy atom. The predicted molar refractivity (Wildman–Crippen MR) is 114 cm³/mol. The Bertz CT molecular complexity index is 1030. The van der Waals surface area contributed by atoms with Gasteiger partial charge >= 0.3 is 12.4 Å². The van der Waals surface area contributed by atoms with E-state index in [9.17, 15) is 51.4 Å². The van der Waals surface area contributed by atoms with E-state index >= 15 is 0 Å². The minimum absolute atomic E-state index is 0. The van der Waals surface area contributed by atoms with Gasteiger partial charge in [0, 0.05) is 17.7 Å². The van der Waals surface area contributed by atoms with Crippen molar-refractivity contribution in [2.24, 2.45) is 0 Å². The number of hydrogen-bond acceptors (Lipinski definition) is 5. The van der Waals surface area contributed by atoms with E-state index in [0.717, 1.165) is 25.1 Å². The van der Waals surface area contributed by atoms with Crippen LogP contribution in [0.5, 0.6) is 0 Å². The van der Waals surface area contributed by atoms with Crippen LogP contribution >= 0.6 is 0 Å². The lowest BCUT2D eigenvalue weighted by molar-refractivity contribution is -0.386. The number of carbonyl (C=O) groups excluding carboxylic acids is 1. The zero-order valence-electron chi connectivity index (χ0n) is 16.7. The van der Waals surface area contributed by atoms with Gasteiger partial charge in [-0.15, -0.1) is 0 Å². The van der Waals surface area contributed by atoms with E-state index in [1.165, 1.54) is 0 Å². The van der Waals surface area contributed by atoms with Gasteiger partial charge in [-0.2, -0.15) is 26.3 Å². The molecule has 0 aliphatic carbocycles. The van der Waals surface area contributed by atoms with Crippen LogP contribution in [0.1, 0.15) is 68.6 Å². The number of halogens is 6. The highest BCUT2D eigenvalue weighted by Crippen LogP contribution is 2.35. The fraction of sp³-hybridized carbons (Fsp3) is 0.381. The number of nitrogens with zero attached hydrogens (tertiary/aromatic N) is 2. The normalized spacial score (nSPS) is 10.9. The maximum absolute atomic E-state index is 12.3. The summed E-state index contributed by atoms with van der Waals surface area (Å²) in [5, 5.41) is 21.1.